The number of carbonyl (C=O) groups excluding carboxylic acids is 1. The van der Waals surface area contributed by atoms with Crippen molar-refractivity contribution in [3.63, 3.8) is 0 Å². The lowest BCUT2D eigenvalue weighted by atomic mass is 10.2. The molecule has 1 amide bonds. The summed E-state index contributed by atoms with van der Waals surface area (Å²) in [6, 6.07) is 6.41. The molecule has 0 fully saturated rings. The van der Waals surface area contributed by atoms with Crippen molar-refractivity contribution in [3.8, 4) is 0 Å². The van der Waals surface area contributed by atoms with Crippen LogP contribution >= 0.6 is 23.1 Å². The number of hydrogen-bond donors (Lipinski definition) is 1. The Bertz CT molecular complexity index is 618. The fourth-order valence-electron chi connectivity index (χ4n) is 1.79. The molecule has 118 valence electrons. The van der Waals surface area contributed by atoms with Gasteiger partial charge in [0.25, 0.3) is 0 Å². The molecule has 4 nitrogen and oxygen atoms in total. The number of thioether (sulfide) groups is 1. The number of aromatic nitrogens is 2. The van der Waals surface area contributed by atoms with E-state index in [-0.39, 0.29) is 17.5 Å². The Hall–Kier alpha value is -1.47. The first kappa shape index (κ1) is 16.9. The van der Waals surface area contributed by atoms with Crippen molar-refractivity contribution in [2.24, 2.45) is 0 Å². The topological polar surface area (TPSA) is 54.9 Å². The lowest BCUT2D eigenvalue weighted by molar-refractivity contribution is -0.113. The van der Waals surface area contributed by atoms with E-state index in [1.54, 1.807) is 18.2 Å². The highest BCUT2D eigenvalue weighted by Crippen LogP contribution is 2.22. The smallest absolute Gasteiger partial charge is 0.236 e. The number of unbranched alkanes of at least 4 members (excludes halogenated alkanes) is 2. The first-order chi connectivity index (χ1) is 10.7. The Labute approximate surface area is 137 Å². The number of anilines is 1. The fraction of sp³-hybridized carbons (Fsp3) is 0.400. The summed E-state index contributed by atoms with van der Waals surface area (Å²) in [6.45, 7) is 2.15. The Kier molecular flexibility index (Phi) is 6.79. The average molecular weight is 339 g/mol. The molecule has 0 aliphatic rings. The van der Waals surface area contributed by atoms with E-state index in [9.17, 15) is 9.18 Å². The Morgan fingerprint density at radius 3 is 2.91 bits per heavy atom. The molecule has 0 radical (unpaired) electrons. The van der Waals surface area contributed by atoms with Gasteiger partial charge in [-0.15, -0.1) is 22.0 Å². The van der Waals surface area contributed by atoms with E-state index in [0.717, 1.165) is 24.3 Å². The van der Waals surface area contributed by atoms with Gasteiger partial charge in [-0.1, -0.05) is 43.2 Å². The minimum atomic E-state index is -0.311. The van der Waals surface area contributed by atoms with Gasteiger partial charge in [0.2, 0.25) is 11.0 Å². The molecule has 1 aromatic carbocycles. The predicted octanol–water partition coefficient (Wildman–Crippen LogP) is 4.14. The van der Waals surface area contributed by atoms with E-state index < -0.39 is 0 Å². The van der Waals surface area contributed by atoms with Crippen molar-refractivity contribution in [2.45, 2.75) is 37.5 Å². The summed E-state index contributed by atoms with van der Waals surface area (Å²) in [6.07, 6.45) is 4.31. The molecule has 1 aromatic heterocycles. The van der Waals surface area contributed by atoms with Gasteiger partial charge in [-0.25, -0.2) is 4.39 Å². The molecule has 0 saturated carbocycles. The third-order valence-electron chi connectivity index (χ3n) is 2.90. The van der Waals surface area contributed by atoms with Gasteiger partial charge < -0.3 is 0 Å². The molecular weight excluding hydrogens is 321 g/mol. The van der Waals surface area contributed by atoms with Crippen LogP contribution in [0.25, 0.3) is 0 Å². The van der Waals surface area contributed by atoms with E-state index in [1.165, 1.54) is 35.6 Å². The molecule has 0 spiro atoms. The second-order valence-corrected chi connectivity index (χ2v) is 6.80. The zero-order valence-corrected chi connectivity index (χ0v) is 14.0. The maximum atomic E-state index is 13.4. The molecule has 0 bridgehead atoms. The Morgan fingerprint density at radius 2 is 2.14 bits per heavy atom. The van der Waals surface area contributed by atoms with Gasteiger partial charge in [0.1, 0.15) is 10.8 Å². The molecule has 0 aliphatic carbocycles. The minimum Gasteiger partial charge on any atom is -0.300 e. The summed E-state index contributed by atoms with van der Waals surface area (Å²) in [5.74, 6) is -0.370. The number of rotatable bonds is 8. The quantitative estimate of drug-likeness (QED) is 0.580. The first-order valence-electron chi connectivity index (χ1n) is 7.18. The monoisotopic (exact) mass is 339 g/mol. The molecule has 22 heavy (non-hydrogen) atoms. The van der Waals surface area contributed by atoms with Gasteiger partial charge in [0.15, 0.2) is 0 Å². The molecule has 1 N–H and O–H groups in total. The summed E-state index contributed by atoms with van der Waals surface area (Å²) in [5.41, 5.74) is 0. The highest BCUT2D eigenvalue weighted by molar-refractivity contribution is 8.00. The number of halogens is 1. The second kappa shape index (κ2) is 8.85. The van der Waals surface area contributed by atoms with Crippen molar-refractivity contribution in [3.05, 3.63) is 35.1 Å². The van der Waals surface area contributed by atoms with Crippen molar-refractivity contribution in [2.75, 3.05) is 11.1 Å². The lowest BCUT2D eigenvalue weighted by Gasteiger charge is -2.02. The van der Waals surface area contributed by atoms with Crippen molar-refractivity contribution in [1.82, 2.24) is 10.2 Å². The van der Waals surface area contributed by atoms with E-state index in [4.69, 9.17) is 0 Å². The SMILES string of the molecule is CCCCCc1nnc(NC(=O)CSc2ccccc2F)s1. The van der Waals surface area contributed by atoms with Gasteiger partial charge >= 0.3 is 0 Å². The highest BCUT2D eigenvalue weighted by atomic mass is 32.2. The van der Waals surface area contributed by atoms with Crippen LogP contribution in [-0.2, 0) is 11.2 Å². The van der Waals surface area contributed by atoms with Gasteiger partial charge in [-0.05, 0) is 18.6 Å². The Balaban J connectivity index is 1.78. The molecule has 2 rings (SSSR count). The predicted molar refractivity (Wildman–Crippen MR) is 88.9 cm³/mol. The summed E-state index contributed by atoms with van der Waals surface area (Å²) >= 11 is 2.57. The number of benzene rings is 1. The van der Waals surface area contributed by atoms with Crippen LogP contribution in [0.4, 0.5) is 9.52 Å². The van der Waals surface area contributed by atoms with Crippen LogP contribution in [-0.4, -0.2) is 21.9 Å². The zero-order chi connectivity index (χ0) is 15.8. The average Bonchev–Trinajstić information content (AvgIpc) is 2.94. The zero-order valence-electron chi connectivity index (χ0n) is 12.3. The number of hydrogen-bond acceptors (Lipinski definition) is 5. The first-order valence-corrected chi connectivity index (χ1v) is 8.99. The summed E-state index contributed by atoms with van der Waals surface area (Å²) < 4.78 is 13.4. The number of aryl methyl sites for hydroxylation is 1. The number of nitrogens with zero attached hydrogens (tertiary/aromatic N) is 2. The molecule has 2 aromatic rings. The fourth-order valence-corrected chi connectivity index (χ4v) is 3.33. The lowest BCUT2D eigenvalue weighted by Crippen LogP contribution is -2.13. The molecule has 1 heterocycles. The van der Waals surface area contributed by atoms with E-state index >= 15 is 0 Å². The molecular formula is C15H18FN3OS2. The minimum absolute atomic E-state index is 0.145. The number of amides is 1. The van der Waals surface area contributed by atoms with Crippen LogP contribution in [0.2, 0.25) is 0 Å². The van der Waals surface area contributed by atoms with Gasteiger partial charge in [-0.2, -0.15) is 0 Å². The standard InChI is InChI=1S/C15H18FN3OS2/c1-2-3-4-9-14-18-19-15(22-14)17-13(20)10-21-12-8-6-5-7-11(12)16/h5-8H,2-4,9-10H2,1H3,(H,17,19,20). The summed E-state index contributed by atoms with van der Waals surface area (Å²) in [5, 5.41) is 12.2. The normalized spacial score (nSPS) is 10.6. The summed E-state index contributed by atoms with van der Waals surface area (Å²) in [4.78, 5) is 12.3. The van der Waals surface area contributed by atoms with Crippen LogP contribution in [0.1, 0.15) is 31.2 Å². The van der Waals surface area contributed by atoms with Crippen molar-refractivity contribution >= 4 is 34.1 Å². The van der Waals surface area contributed by atoms with Crippen LogP contribution < -0.4 is 5.32 Å². The van der Waals surface area contributed by atoms with E-state index in [0.29, 0.717) is 10.0 Å². The molecule has 0 atom stereocenters. The van der Waals surface area contributed by atoms with E-state index in [2.05, 4.69) is 22.4 Å². The van der Waals surface area contributed by atoms with Crippen LogP contribution in [0, 0.1) is 5.82 Å². The third-order valence-corrected chi connectivity index (χ3v) is 4.85. The molecule has 0 saturated heterocycles. The largest absolute Gasteiger partial charge is 0.300 e. The van der Waals surface area contributed by atoms with Gasteiger partial charge in [-0.3, -0.25) is 10.1 Å². The molecule has 0 aliphatic heterocycles. The van der Waals surface area contributed by atoms with Crippen LogP contribution in [0.5, 0.6) is 0 Å². The number of carbonyl (C=O) groups is 1. The highest BCUT2D eigenvalue weighted by Gasteiger charge is 2.10. The molecule has 7 heteroatoms. The number of nitrogens with one attached hydrogen (secondary N) is 1. The van der Waals surface area contributed by atoms with Crippen LogP contribution in [0.3, 0.4) is 0 Å². The summed E-state index contributed by atoms with van der Waals surface area (Å²) in [7, 11) is 0. The van der Waals surface area contributed by atoms with Gasteiger partial charge in [0, 0.05) is 11.3 Å². The van der Waals surface area contributed by atoms with Crippen LogP contribution in [0.15, 0.2) is 29.2 Å². The van der Waals surface area contributed by atoms with Crippen molar-refractivity contribution < 1.29 is 9.18 Å². The maximum Gasteiger partial charge on any atom is 0.236 e. The van der Waals surface area contributed by atoms with E-state index in [1.807, 2.05) is 0 Å². The van der Waals surface area contributed by atoms with Crippen molar-refractivity contribution in [1.29, 1.82) is 0 Å². The third kappa shape index (κ3) is 5.38. The maximum absolute atomic E-state index is 13.4. The molecule has 0 unspecified atom stereocenters. The Morgan fingerprint density at radius 1 is 1.32 bits per heavy atom. The van der Waals surface area contributed by atoms with Gasteiger partial charge in [0.05, 0.1) is 5.75 Å². The second-order valence-electron chi connectivity index (χ2n) is 4.73.